The van der Waals surface area contributed by atoms with Gasteiger partial charge in [-0.05, 0) is 30.2 Å². The Morgan fingerprint density at radius 2 is 2.06 bits per heavy atom. The largest absolute Gasteiger partial charge is 0.494 e. The summed E-state index contributed by atoms with van der Waals surface area (Å²) in [5.74, 6) is 0.885. The SMILES string of the molecule is CCOc1cc(CBr)cc(CC(=O)CCl)c1. The molecule has 0 saturated heterocycles. The molecule has 16 heavy (non-hydrogen) atoms. The molecule has 1 aromatic carbocycles. The third-order valence-electron chi connectivity index (χ3n) is 2.04. The second kappa shape index (κ2) is 6.92. The maximum absolute atomic E-state index is 11.3. The van der Waals surface area contributed by atoms with Crippen molar-refractivity contribution in [3.05, 3.63) is 29.3 Å². The first-order valence-electron chi connectivity index (χ1n) is 5.08. The van der Waals surface area contributed by atoms with Gasteiger partial charge in [-0.3, -0.25) is 4.79 Å². The van der Waals surface area contributed by atoms with Gasteiger partial charge in [-0.1, -0.05) is 22.0 Å². The zero-order valence-corrected chi connectivity index (χ0v) is 11.5. The minimum absolute atomic E-state index is 0.0239. The molecule has 1 rings (SSSR count). The van der Waals surface area contributed by atoms with Crippen molar-refractivity contribution < 1.29 is 9.53 Å². The third kappa shape index (κ3) is 4.14. The number of alkyl halides is 2. The van der Waals surface area contributed by atoms with Crippen LogP contribution >= 0.6 is 27.5 Å². The molecular weight excluding hydrogens is 291 g/mol. The van der Waals surface area contributed by atoms with E-state index in [4.69, 9.17) is 16.3 Å². The zero-order chi connectivity index (χ0) is 12.0. The Morgan fingerprint density at radius 3 is 2.62 bits per heavy atom. The fourth-order valence-electron chi connectivity index (χ4n) is 1.43. The molecule has 1 aromatic rings. The second-order valence-corrected chi connectivity index (χ2v) is 4.23. The molecule has 0 aromatic heterocycles. The highest BCUT2D eigenvalue weighted by Gasteiger charge is 2.05. The molecule has 0 heterocycles. The molecule has 0 amide bonds. The van der Waals surface area contributed by atoms with Gasteiger partial charge in [-0.25, -0.2) is 0 Å². The average Bonchev–Trinajstić information content (AvgIpc) is 2.29. The maximum atomic E-state index is 11.3. The second-order valence-electron chi connectivity index (χ2n) is 3.40. The van der Waals surface area contributed by atoms with Gasteiger partial charge < -0.3 is 4.74 Å². The Balaban J connectivity index is 2.90. The van der Waals surface area contributed by atoms with Crippen LogP contribution in [0.2, 0.25) is 0 Å². The number of hydrogen-bond donors (Lipinski definition) is 0. The van der Waals surface area contributed by atoms with Crippen LogP contribution in [-0.2, 0) is 16.5 Å². The lowest BCUT2D eigenvalue weighted by molar-refractivity contribution is -0.116. The maximum Gasteiger partial charge on any atom is 0.151 e. The van der Waals surface area contributed by atoms with Crippen molar-refractivity contribution in [1.82, 2.24) is 0 Å². The first-order chi connectivity index (χ1) is 7.69. The first-order valence-corrected chi connectivity index (χ1v) is 6.74. The van der Waals surface area contributed by atoms with Crippen molar-refractivity contribution in [1.29, 1.82) is 0 Å². The van der Waals surface area contributed by atoms with Crippen molar-refractivity contribution >= 4 is 33.3 Å². The summed E-state index contributed by atoms with van der Waals surface area (Å²) in [4.78, 5) is 11.3. The van der Waals surface area contributed by atoms with Crippen molar-refractivity contribution in [3.8, 4) is 5.75 Å². The zero-order valence-electron chi connectivity index (χ0n) is 9.13. The number of ketones is 1. The number of hydrogen-bond acceptors (Lipinski definition) is 2. The highest BCUT2D eigenvalue weighted by Crippen LogP contribution is 2.20. The topological polar surface area (TPSA) is 26.3 Å². The van der Waals surface area contributed by atoms with E-state index in [0.717, 1.165) is 22.2 Å². The Labute approximate surface area is 109 Å². The molecule has 0 bridgehead atoms. The van der Waals surface area contributed by atoms with Crippen LogP contribution in [0.5, 0.6) is 5.75 Å². The van der Waals surface area contributed by atoms with Crippen molar-refractivity contribution in [2.24, 2.45) is 0 Å². The van der Waals surface area contributed by atoms with Crippen molar-refractivity contribution in [3.63, 3.8) is 0 Å². The summed E-state index contributed by atoms with van der Waals surface area (Å²) in [5.41, 5.74) is 2.05. The van der Waals surface area contributed by atoms with Gasteiger partial charge in [0.2, 0.25) is 0 Å². The smallest absolute Gasteiger partial charge is 0.151 e. The molecule has 0 unspecified atom stereocenters. The van der Waals surface area contributed by atoms with E-state index >= 15 is 0 Å². The van der Waals surface area contributed by atoms with Gasteiger partial charge in [0, 0.05) is 11.8 Å². The van der Waals surface area contributed by atoms with E-state index < -0.39 is 0 Å². The Bertz CT molecular complexity index is 366. The normalized spacial score (nSPS) is 10.2. The van der Waals surface area contributed by atoms with Crippen LogP contribution < -0.4 is 4.74 Å². The van der Waals surface area contributed by atoms with Gasteiger partial charge in [0.25, 0.3) is 0 Å². The van der Waals surface area contributed by atoms with Crippen molar-refractivity contribution in [2.45, 2.75) is 18.7 Å². The average molecular weight is 306 g/mol. The monoisotopic (exact) mass is 304 g/mol. The molecule has 0 saturated carbocycles. The van der Waals surface area contributed by atoms with Gasteiger partial charge in [0.1, 0.15) is 5.75 Å². The van der Waals surface area contributed by atoms with Crippen LogP contribution in [0.3, 0.4) is 0 Å². The summed E-state index contributed by atoms with van der Waals surface area (Å²) < 4.78 is 5.44. The standard InChI is InChI=1S/C12H14BrClO2/c1-2-16-12-5-9(4-11(15)8-14)3-10(6-12)7-13/h3,5-6H,2,4,7-8H2,1H3. The molecule has 0 spiro atoms. The minimum atomic E-state index is 0.0239. The Hall–Kier alpha value is -0.540. The number of Topliss-reactive ketones (excluding diaryl/α,β-unsaturated/α-hetero) is 1. The lowest BCUT2D eigenvalue weighted by atomic mass is 10.1. The van der Waals surface area contributed by atoms with Gasteiger partial charge in [0.05, 0.1) is 12.5 Å². The van der Waals surface area contributed by atoms with E-state index in [1.165, 1.54) is 0 Å². The molecule has 0 aliphatic rings. The molecule has 0 fully saturated rings. The summed E-state index contributed by atoms with van der Waals surface area (Å²) >= 11 is 8.88. The molecule has 88 valence electrons. The number of ether oxygens (including phenoxy) is 1. The van der Waals surface area contributed by atoms with E-state index in [-0.39, 0.29) is 11.7 Å². The van der Waals surface area contributed by atoms with Gasteiger partial charge in [-0.2, -0.15) is 0 Å². The minimum Gasteiger partial charge on any atom is -0.494 e. The molecule has 0 aliphatic heterocycles. The molecular formula is C12H14BrClO2. The van der Waals surface area contributed by atoms with Crippen LogP contribution in [0.4, 0.5) is 0 Å². The van der Waals surface area contributed by atoms with Gasteiger partial charge in [-0.15, -0.1) is 11.6 Å². The summed E-state index contributed by atoms with van der Waals surface area (Å²) in [6.07, 6.45) is 0.365. The van der Waals surface area contributed by atoms with Crippen molar-refractivity contribution in [2.75, 3.05) is 12.5 Å². The first kappa shape index (κ1) is 13.5. The van der Waals surface area contributed by atoms with Crippen LogP contribution in [0, 0.1) is 0 Å². The fraction of sp³-hybridized carbons (Fsp3) is 0.417. The van der Waals surface area contributed by atoms with Crippen LogP contribution in [0.15, 0.2) is 18.2 Å². The van der Waals surface area contributed by atoms with E-state index in [9.17, 15) is 4.79 Å². The molecule has 0 N–H and O–H groups in total. The van der Waals surface area contributed by atoms with Crippen LogP contribution in [0.1, 0.15) is 18.1 Å². The predicted octanol–water partition coefficient (Wildman–Crippen LogP) is 3.33. The van der Waals surface area contributed by atoms with E-state index in [2.05, 4.69) is 15.9 Å². The van der Waals surface area contributed by atoms with Crippen LogP contribution in [-0.4, -0.2) is 18.3 Å². The van der Waals surface area contributed by atoms with Crippen LogP contribution in [0.25, 0.3) is 0 Å². The van der Waals surface area contributed by atoms with E-state index in [0.29, 0.717) is 13.0 Å². The molecule has 0 atom stereocenters. The summed E-state index contributed by atoms with van der Waals surface area (Å²) in [6, 6.07) is 5.84. The van der Waals surface area contributed by atoms with Gasteiger partial charge in [0.15, 0.2) is 5.78 Å². The molecule has 2 nitrogen and oxygen atoms in total. The Morgan fingerprint density at radius 1 is 1.38 bits per heavy atom. The summed E-state index contributed by atoms with van der Waals surface area (Å²) in [7, 11) is 0. The third-order valence-corrected chi connectivity index (χ3v) is 2.99. The highest BCUT2D eigenvalue weighted by molar-refractivity contribution is 9.08. The fourth-order valence-corrected chi connectivity index (χ4v) is 1.85. The number of carbonyl (C=O) groups is 1. The number of halogens is 2. The predicted molar refractivity (Wildman–Crippen MR) is 69.7 cm³/mol. The highest BCUT2D eigenvalue weighted by atomic mass is 79.9. The summed E-state index contributed by atoms with van der Waals surface area (Å²) in [6.45, 7) is 2.55. The van der Waals surface area contributed by atoms with E-state index in [1.807, 2.05) is 25.1 Å². The molecule has 4 heteroatoms. The molecule has 0 aliphatic carbocycles. The van der Waals surface area contributed by atoms with E-state index in [1.54, 1.807) is 0 Å². The van der Waals surface area contributed by atoms with Gasteiger partial charge >= 0.3 is 0 Å². The lowest BCUT2D eigenvalue weighted by Crippen LogP contribution is -2.04. The number of carbonyl (C=O) groups excluding carboxylic acids is 1. The number of rotatable bonds is 6. The number of benzene rings is 1. The quantitative estimate of drug-likeness (QED) is 0.754. The summed E-state index contributed by atoms with van der Waals surface area (Å²) in [5, 5.41) is 0.746. The Kier molecular flexibility index (Phi) is 5.85. The molecule has 0 radical (unpaired) electrons. The lowest BCUT2D eigenvalue weighted by Gasteiger charge is -2.08.